The highest BCUT2D eigenvalue weighted by Crippen LogP contribution is 2.37. The van der Waals surface area contributed by atoms with E-state index in [1.54, 1.807) is 41.0 Å². The fourth-order valence-electron chi connectivity index (χ4n) is 2.97. The van der Waals surface area contributed by atoms with Crippen molar-refractivity contribution in [3.05, 3.63) is 71.5 Å². The predicted molar refractivity (Wildman–Crippen MR) is 92.9 cm³/mol. The first-order valence-corrected chi connectivity index (χ1v) is 8.42. The number of carbonyl (C=O) groups excluding carboxylic acids is 3. The molecule has 1 aliphatic heterocycles. The second kappa shape index (κ2) is 7.19. The number of hydrogen-bond donors (Lipinski definition) is 2. The van der Waals surface area contributed by atoms with E-state index in [-0.39, 0.29) is 5.56 Å². The van der Waals surface area contributed by atoms with Crippen LogP contribution >= 0.6 is 0 Å². The van der Waals surface area contributed by atoms with Gasteiger partial charge in [-0.05, 0) is 36.8 Å². The van der Waals surface area contributed by atoms with Gasteiger partial charge in [-0.3, -0.25) is 19.8 Å². The van der Waals surface area contributed by atoms with Crippen molar-refractivity contribution in [1.29, 1.82) is 0 Å². The minimum atomic E-state index is -5.33. The fourth-order valence-corrected chi connectivity index (χ4v) is 2.97. The van der Waals surface area contributed by atoms with Crippen molar-refractivity contribution in [1.82, 2.24) is 15.5 Å². The molecular formula is C19H15F4N3O3. The van der Waals surface area contributed by atoms with Crippen LogP contribution in [0.4, 0.5) is 22.4 Å². The first-order chi connectivity index (χ1) is 13.6. The van der Waals surface area contributed by atoms with E-state index in [1.807, 2.05) is 0 Å². The van der Waals surface area contributed by atoms with E-state index in [1.165, 1.54) is 6.92 Å². The van der Waals surface area contributed by atoms with Crippen LogP contribution in [0.15, 0.2) is 54.6 Å². The van der Waals surface area contributed by atoms with Gasteiger partial charge < -0.3 is 5.32 Å². The lowest BCUT2D eigenvalue weighted by atomic mass is 10.0. The Labute approximate surface area is 162 Å². The molecule has 1 aliphatic rings. The zero-order valence-corrected chi connectivity index (χ0v) is 15.0. The van der Waals surface area contributed by atoms with Gasteiger partial charge in [-0.1, -0.05) is 30.3 Å². The van der Waals surface area contributed by atoms with Gasteiger partial charge in [0, 0.05) is 5.56 Å². The zero-order chi connectivity index (χ0) is 21.4. The summed E-state index contributed by atoms with van der Waals surface area (Å²) < 4.78 is 54.7. The second-order valence-corrected chi connectivity index (χ2v) is 6.40. The van der Waals surface area contributed by atoms with E-state index >= 15 is 0 Å². The standard InChI is InChI=1S/C19H15F4N3O3/c1-11(12-5-3-2-4-6-12)26-16(28)18(19(21,22)23,25-17(26)29)24-15(27)13-7-9-14(20)10-8-13/h2-11H,1H3,(H,24,27)(H,25,29)/t11-,18+/m1/s1. The molecule has 2 N–H and O–H groups in total. The van der Waals surface area contributed by atoms with E-state index in [9.17, 15) is 31.9 Å². The molecule has 0 saturated carbocycles. The number of urea groups is 1. The number of benzene rings is 2. The van der Waals surface area contributed by atoms with Gasteiger partial charge in [0.25, 0.3) is 17.5 Å². The van der Waals surface area contributed by atoms with Gasteiger partial charge in [0.2, 0.25) is 0 Å². The minimum Gasteiger partial charge on any atom is -0.314 e. The molecule has 0 aromatic heterocycles. The van der Waals surface area contributed by atoms with Gasteiger partial charge in [-0.25, -0.2) is 9.18 Å². The minimum absolute atomic E-state index is 0.313. The molecule has 3 rings (SSSR count). The van der Waals surface area contributed by atoms with Gasteiger partial charge in [0.15, 0.2) is 0 Å². The number of halogens is 4. The molecular weight excluding hydrogens is 394 g/mol. The van der Waals surface area contributed by atoms with Crippen molar-refractivity contribution in [2.24, 2.45) is 0 Å². The third kappa shape index (κ3) is 3.53. The Kier molecular flexibility index (Phi) is 5.04. The van der Waals surface area contributed by atoms with Crippen molar-refractivity contribution in [3.8, 4) is 0 Å². The summed E-state index contributed by atoms with van der Waals surface area (Å²) in [6.45, 7) is 1.39. The molecule has 0 spiro atoms. The highest BCUT2D eigenvalue weighted by molar-refractivity contribution is 6.10. The van der Waals surface area contributed by atoms with Crippen molar-refractivity contribution >= 4 is 17.8 Å². The lowest BCUT2D eigenvalue weighted by molar-refractivity contribution is -0.200. The quantitative estimate of drug-likeness (QED) is 0.602. The molecule has 4 amide bonds. The van der Waals surface area contributed by atoms with E-state index in [4.69, 9.17) is 0 Å². The average Bonchev–Trinajstić information content (AvgIpc) is 2.93. The molecule has 1 heterocycles. The van der Waals surface area contributed by atoms with Crippen LogP contribution < -0.4 is 10.6 Å². The largest absolute Gasteiger partial charge is 0.440 e. The molecule has 0 radical (unpaired) electrons. The Hall–Kier alpha value is -3.43. The van der Waals surface area contributed by atoms with Gasteiger partial charge in [0.1, 0.15) is 5.82 Å². The molecule has 1 saturated heterocycles. The third-order valence-electron chi connectivity index (χ3n) is 4.55. The number of carbonyl (C=O) groups is 3. The summed E-state index contributed by atoms with van der Waals surface area (Å²) in [7, 11) is 0. The number of imide groups is 1. The number of alkyl halides is 3. The Morgan fingerprint density at radius 1 is 1.07 bits per heavy atom. The fraction of sp³-hybridized carbons (Fsp3) is 0.211. The maximum Gasteiger partial charge on any atom is 0.440 e. The van der Waals surface area contributed by atoms with Crippen molar-refractivity contribution in [2.75, 3.05) is 0 Å². The molecule has 10 heteroatoms. The van der Waals surface area contributed by atoms with Crippen LogP contribution in [0.1, 0.15) is 28.9 Å². The topological polar surface area (TPSA) is 78.5 Å². The molecule has 6 nitrogen and oxygen atoms in total. The molecule has 2 atom stereocenters. The van der Waals surface area contributed by atoms with Crippen LogP contribution in [0.25, 0.3) is 0 Å². The van der Waals surface area contributed by atoms with Crippen LogP contribution in [0.2, 0.25) is 0 Å². The SMILES string of the molecule is C[C@H](c1ccccc1)N1C(=O)N[C@](NC(=O)c2ccc(F)cc2)(C(F)(F)F)C1=O. The normalized spacial score (nSPS) is 20.4. The lowest BCUT2D eigenvalue weighted by Gasteiger charge is -2.30. The smallest absolute Gasteiger partial charge is 0.314 e. The Balaban J connectivity index is 1.96. The summed E-state index contributed by atoms with van der Waals surface area (Å²) in [5.41, 5.74) is -3.52. The Morgan fingerprint density at radius 2 is 1.66 bits per heavy atom. The monoisotopic (exact) mass is 409 g/mol. The summed E-state index contributed by atoms with van der Waals surface area (Å²) >= 11 is 0. The number of nitrogens with one attached hydrogen (secondary N) is 2. The number of amides is 4. The summed E-state index contributed by atoms with van der Waals surface area (Å²) in [6, 6.07) is 9.35. The molecule has 0 bridgehead atoms. The Bertz CT molecular complexity index is 947. The first kappa shape index (κ1) is 20.3. The van der Waals surface area contributed by atoms with Crippen LogP contribution in [0, 0.1) is 5.82 Å². The molecule has 0 unspecified atom stereocenters. The maximum absolute atomic E-state index is 13.9. The summed E-state index contributed by atoms with van der Waals surface area (Å²) in [5.74, 6) is -3.66. The van der Waals surface area contributed by atoms with Crippen LogP contribution in [-0.2, 0) is 4.79 Å². The van der Waals surface area contributed by atoms with Gasteiger partial charge in [-0.2, -0.15) is 13.2 Å². The highest BCUT2D eigenvalue weighted by atomic mass is 19.4. The molecule has 152 valence electrons. The van der Waals surface area contributed by atoms with Gasteiger partial charge in [-0.15, -0.1) is 0 Å². The summed E-state index contributed by atoms with van der Waals surface area (Å²) in [5, 5.41) is 3.15. The molecule has 2 aromatic carbocycles. The average molecular weight is 409 g/mol. The van der Waals surface area contributed by atoms with Crippen molar-refractivity contribution in [3.63, 3.8) is 0 Å². The molecule has 2 aromatic rings. The maximum atomic E-state index is 13.9. The number of rotatable bonds is 4. The molecule has 1 fully saturated rings. The van der Waals surface area contributed by atoms with Gasteiger partial charge >= 0.3 is 12.2 Å². The van der Waals surface area contributed by atoms with Crippen LogP contribution in [0.3, 0.4) is 0 Å². The molecule has 0 aliphatic carbocycles. The van der Waals surface area contributed by atoms with E-state index in [2.05, 4.69) is 0 Å². The molecule has 29 heavy (non-hydrogen) atoms. The van der Waals surface area contributed by atoms with Gasteiger partial charge in [0.05, 0.1) is 6.04 Å². The van der Waals surface area contributed by atoms with E-state index in [0.29, 0.717) is 10.5 Å². The lowest BCUT2D eigenvalue weighted by Crippen LogP contribution is -2.69. The predicted octanol–water partition coefficient (Wildman–Crippen LogP) is 3.13. The highest BCUT2D eigenvalue weighted by Gasteiger charge is 2.69. The van der Waals surface area contributed by atoms with Crippen LogP contribution in [0.5, 0.6) is 0 Å². The van der Waals surface area contributed by atoms with Crippen molar-refractivity contribution in [2.45, 2.75) is 24.8 Å². The van der Waals surface area contributed by atoms with Crippen molar-refractivity contribution < 1.29 is 31.9 Å². The first-order valence-electron chi connectivity index (χ1n) is 8.42. The third-order valence-corrected chi connectivity index (χ3v) is 4.55. The Morgan fingerprint density at radius 3 is 2.21 bits per heavy atom. The van der Waals surface area contributed by atoms with E-state index in [0.717, 1.165) is 24.3 Å². The summed E-state index contributed by atoms with van der Waals surface area (Å²) in [4.78, 5) is 37.8. The number of nitrogens with zero attached hydrogens (tertiary/aromatic N) is 1. The number of hydrogen-bond acceptors (Lipinski definition) is 3. The van der Waals surface area contributed by atoms with Crippen LogP contribution in [-0.4, -0.2) is 34.6 Å². The second-order valence-electron chi connectivity index (χ2n) is 6.40. The zero-order valence-electron chi connectivity index (χ0n) is 15.0. The summed E-state index contributed by atoms with van der Waals surface area (Å²) in [6.07, 6.45) is -5.33. The van der Waals surface area contributed by atoms with E-state index < -0.39 is 41.5 Å².